The summed E-state index contributed by atoms with van der Waals surface area (Å²) in [5.74, 6) is 1.79. The van der Waals surface area contributed by atoms with Crippen LogP contribution < -0.4 is 9.64 Å². The van der Waals surface area contributed by atoms with Crippen LogP contribution in [0.25, 0.3) is 22.2 Å². The number of aromatic nitrogens is 3. The van der Waals surface area contributed by atoms with Gasteiger partial charge >= 0.3 is 0 Å². The molecule has 1 atom stereocenters. The molecule has 7 nitrogen and oxygen atoms in total. The van der Waals surface area contributed by atoms with Gasteiger partial charge in [0, 0.05) is 37.0 Å². The van der Waals surface area contributed by atoms with E-state index in [1.807, 2.05) is 27.0 Å². The van der Waals surface area contributed by atoms with Crippen LogP contribution in [0.1, 0.15) is 67.9 Å². The number of halogens is 1. The molecule has 0 unspecified atom stereocenters. The molecule has 0 spiro atoms. The van der Waals surface area contributed by atoms with Gasteiger partial charge in [0.15, 0.2) is 11.6 Å². The highest BCUT2D eigenvalue weighted by atomic mass is 19.1. The number of imidazole rings is 1. The molecular weight excluding hydrogens is 483 g/mol. The number of benzene rings is 2. The number of methoxy groups -OCH3 is 2. The minimum absolute atomic E-state index is 0.0675. The first-order chi connectivity index (χ1) is 18.5. The molecule has 2 aromatic heterocycles. The number of rotatable bonds is 6. The van der Waals surface area contributed by atoms with E-state index in [1.165, 1.54) is 7.11 Å². The van der Waals surface area contributed by atoms with Gasteiger partial charge in [-0.2, -0.15) is 0 Å². The van der Waals surface area contributed by atoms with Crippen LogP contribution in [-0.2, 0) is 4.74 Å². The van der Waals surface area contributed by atoms with Crippen molar-refractivity contribution >= 4 is 16.7 Å². The Hall–Kier alpha value is -3.39. The molecule has 0 bridgehead atoms. The fourth-order valence-electron chi connectivity index (χ4n) is 6.50. The van der Waals surface area contributed by atoms with Gasteiger partial charge in [-0.25, -0.2) is 9.37 Å². The summed E-state index contributed by atoms with van der Waals surface area (Å²) < 4.78 is 33.4. The normalized spacial score (nSPS) is 21.9. The Balaban J connectivity index is 1.45. The van der Waals surface area contributed by atoms with Crippen molar-refractivity contribution in [3.05, 3.63) is 59.5 Å². The molecule has 0 radical (unpaired) electrons. The quantitative estimate of drug-likeness (QED) is 0.276. The van der Waals surface area contributed by atoms with Crippen molar-refractivity contribution in [3.63, 3.8) is 0 Å². The molecule has 1 aliphatic carbocycles. The lowest BCUT2D eigenvalue weighted by atomic mass is 9.92. The van der Waals surface area contributed by atoms with Crippen LogP contribution in [0.15, 0.2) is 40.9 Å². The van der Waals surface area contributed by atoms with Gasteiger partial charge < -0.3 is 23.5 Å². The Morgan fingerprint density at radius 1 is 1.00 bits per heavy atom. The Morgan fingerprint density at radius 2 is 1.82 bits per heavy atom. The van der Waals surface area contributed by atoms with Gasteiger partial charge in [0.1, 0.15) is 11.6 Å². The molecule has 1 aliphatic heterocycles. The second-order valence-corrected chi connectivity index (χ2v) is 10.6. The third-order valence-corrected chi connectivity index (χ3v) is 8.40. The van der Waals surface area contributed by atoms with Gasteiger partial charge in [0.05, 0.1) is 36.0 Å². The zero-order chi connectivity index (χ0) is 26.4. The average Bonchev–Trinajstić information content (AvgIpc) is 3.65. The summed E-state index contributed by atoms with van der Waals surface area (Å²) in [5.41, 5.74) is 5.95. The summed E-state index contributed by atoms with van der Waals surface area (Å²) in [6, 6.07) is 12.2. The highest BCUT2D eigenvalue weighted by Gasteiger charge is 2.34. The maximum Gasteiger partial charge on any atom is 0.167 e. The number of fused-ring (bicyclic) bond motifs is 1. The molecule has 1 saturated heterocycles. The zero-order valence-electron chi connectivity index (χ0n) is 22.5. The lowest BCUT2D eigenvalue weighted by molar-refractivity contribution is 0.0584. The maximum atomic E-state index is 14.7. The summed E-state index contributed by atoms with van der Waals surface area (Å²) in [5, 5.41) is 4.15. The monoisotopic (exact) mass is 518 g/mol. The van der Waals surface area contributed by atoms with E-state index in [1.54, 1.807) is 12.1 Å². The van der Waals surface area contributed by atoms with Crippen molar-refractivity contribution in [2.75, 3.05) is 25.7 Å². The van der Waals surface area contributed by atoms with Gasteiger partial charge in [-0.15, -0.1) is 0 Å². The lowest BCUT2D eigenvalue weighted by Gasteiger charge is -2.33. The molecule has 38 heavy (non-hydrogen) atoms. The fraction of sp³-hybridized carbons (Fsp3) is 0.467. The SMILES string of the molecule is COc1ccc(N2CCC[C@H]2c2nc3cc(-c4c(C)noc4C)ccc3n2C2CCC(OC)CC2)cc1F. The van der Waals surface area contributed by atoms with E-state index in [0.717, 1.165) is 90.2 Å². The first kappa shape index (κ1) is 24.9. The van der Waals surface area contributed by atoms with Gasteiger partial charge in [0.25, 0.3) is 0 Å². The van der Waals surface area contributed by atoms with Gasteiger partial charge in [-0.05, 0) is 82.2 Å². The molecule has 0 N–H and O–H groups in total. The second kappa shape index (κ2) is 10.1. The minimum Gasteiger partial charge on any atom is -0.494 e. The van der Waals surface area contributed by atoms with Crippen LogP contribution in [0.2, 0.25) is 0 Å². The summed E-state index contributed by atoms with van der Waals surface area (Å²) in [6.45, 7) is 4.78. The van der Waals surface area contributed by atoms with Crippen LogP contribution >= 0.6 is 0 Å². The van der Waals surface area contributed by atoms with E-state index >= 15 is 0 Å². The highest BCUT2D eigenvalue weighted by Crippen LogP contribution is 2.42. The smallest absolute Gasteiger partial charge is 0.167 e. The molecule has 2 fully saturated rings. The first-order valence-electron chi connectivity index (χ1n) is 13.6. The van der Waals surface area contributed by atoms with Crippen molar-refractivity contribution in [2.24, 2.45) is 0 Å². The van der Waals surface area contributed by atoms with Crippen molar-refractivity contribution in [1.82, 2.24) is 14.7 Å². The molecule has 0 amide bonds. The molecule has 2 aliphatic rings. The molecule has 4 aromatic rings. The Kier molecular flexibility index (Phi) is 6.60. The Morgan fingerprint density at radius 3 is 2.50 bits per heavy atom. The van der Waals surface area contributed by atoms with Crippen molar-refractivity contribution in [2.45, 2.75) is 70.6 Å². The molecule has 6 rings (SSSR count). The topological polar surface area (TPSA) is 65.5 Å². The summed E-state index contributed by atoms with van der Waals surface area (Å²) in [7, 11) is 3.30. The average molecular weight is 519 g/mol. The molecule has 2 aromatic carbocycles. The molecule has 3 heterocycles. The summed E-state index contributed by atoms with van der Waals surface area (Å²) >= 11 is 0. The zero-order valence-corrected chi connectivity index (χ0v) is 22.5. The molecule has 1 saturated carbocycles. The predicted octanol–water partition coefficient (Wildman–Crippen LogP) is 6.93. The molecular formula is C30H35FN4O3. The van der Waals surface area contributed by atoms with Gasteiger partial charge in [-0.1, -0.05) is 11.2 Å². The van der Waals surface area contributed by atoms with Crippen molar-refractivity contribution < 1.29 is 18.4 Å². The largest absolute Gasteiger partial charge is 0.494 e. The highest BCUT2D eigenvalue weighted by molar-refractivity contribution is 5.84. The van der Waals surface area contributed by atoms with E-state index in [4.69, 9.17) is 19.0 Å². The fourth-order valence-corrected chi connectivity index (χ4v) is 6.50. The second-order valence-electron chi connectivity index (χ2n) is 10.6. The van der Waals surface area contributed by atoms with Gasteiger partial charge in [0.2, 0.25) is 0 Å². The number of hydrogen-bond donors (Lipinski definition) is 0. The maximum absolute atomic E-state index is 14.7. The van der Waals surface area contributed by atoms with Crippen LogP contribution in [0.4, 0.5) is 10.1 Å². The summed E-state index contributed by atoms with van der Waals surface area (Å²) in [6.07, 6.45) is 6.49. The standard InChI is InChI=1S/C30H35FN4O3/c1-18-29(19(2)38-33-18)20-7-13-26-25(16-20)32-30(35(26)21-8-11-23(36-3)12-9-21)27-6-5-15-34(27)22-10-14-28(37-4)24(31)17-22/h7,10,13-14,16-17,21,23,27H,5-6,8-9,11-12,15H2,1-4H3/t21?,23?,27-/m0/s1. The van der Waals surface area contributed by atoms with Crippen molar-refractivity contribution in [3.8, 4) is 16.9 Å². The molecule has 200 valence electrons. The van der Waals surface area contributed by atoms with E-state index < -0.39 is 0 Å². The number of ether oxygens (including phenoxy) is 2. The van der Waals surface area contributed by atoms with Crippen LogP contribution in [-0.4, -0.2) is 41.6 Å². The Labute approximate surface area is 222 Å². The minimum atomic E-state index is -0.342. The van der Waals surface area contributed by atoms with E-state index in [9.17, 15) is 4.39 Å². The van der Waals surface area contributed by atoms with E-state index in [2.05, 4.69) is 32.8 Å². The van der Waals surface area contributed by atoms with Crippen LogP contribution in [0.5, 0.6) is 5.75 Å². The summed E-state index contributed by atoms with van der Waals surface area (Å²) in [4.78, 5) is 7.59. The Bertz CT molecular complexity index is 1430. The number of anilines is 1. The number of hydrogen-bond acceptors (Lipinski definition) is 6. The van der Waals surface area contributed by atoms with Gasteiger partial charge in [-0.3, -0.25) is 0 Å². The third kappa shape index (κ3) is 4.25. The van der Waals surface area contributed by atoms with E-state index in [-0.39, 0.29) is 17.6 Å². The molecule has 8 heteroatoms. The van der Waals surface area contributed by atoms with Crippen LogP contribution in [0.3, 0.4) is 0 Å². The number of nitrogens with zero attached hydrogens (tertiary/aromatic N) is 4. The number of aryl methyl sites for hydroxylation is 2. The van der Waals surface area contributed by atoms with Crippen LogP contribution in [0, 0.1) is 19.7 Å². The lowest BCUT2D eigenvalue weighted by Crippen LogP contribution is -2.28. The first-order valence-corrected chi connectivity index (χ1v) is 13.6. The predicted molar refractivity (Wildman–Crippen MR) is 145 cm³/mol. The van der Waals surface area contributed by atoms with E-state index in [0.29, 0.717) is 12.1 Å². The third-order valence-electron chi connectivity index (χ3n) is 8.40. The van der Waals surface area contributed by atoms with Crippen molar-refractivity contribution in [1.29, 1.82) is 0 Å².